The maximum atomic E-state index is 13.4. The summed E-state index contributed by atoms with van der Waals surface area (Å²) in [4.78, 5) is 27.7. The zero-order valence-corrected chi connectivity index (χ0v) is 17.3. The number of methoxy groups -OCH3 is 1. The number of amides is 1. The molecular formula is C23H25N3O4. The minimum atomic E-state index is -0.454. The Labute approximate surface area is 175 Å². The zero-order chi connectivity index (χ0) is 21.1. The van der Waals surface area contributed by atoms with Crippen LogP contribution in [0.5, 0.6) is 0 Å². The van der Waals surface area contributed by atoms with Crippen molar-refractivity contribution in [1.82, 2.24) is 14.7 Å². The molecule has 0 atom stereocenters. The van der Waals surface area contributed by atoms with Gasteiger partial charge in [-0.2, -0.15) is 5.10 Å². The van der Waals surface area contributed by atoms with E-state index in [-0.39, 0.29) is 12.5 Å². The van der Waals surface area contributed by atoms with Crippen molar-refractivity contribution in [2.45, 2.75) is 26.4 Å². The van der Waals surface area contributed by atoms with Gasteiger partial charge in [0.05, 0.1) is 26.3 Å². The molecule has 1 aliphatic heterocycles. The summed E-state index contributed by atoms with van der Waals surface area (Å²) in [6.07, 6.45) is 0.627. The van der Waals surface area contributed by atoms with Crippen molar-refractivity contribution < 1.29 is 19.1 Å². The van der Waals surface area contributed by atoms with Crippen molar-refractivity contribution in [2.24, 2.45) is 0 Å². The number of rotatable bonds is 6. The van der Waals surface area contributed by atoms with Crippen molar-refractivity contribution in [3.8, 4) is 0 Å². The summed E-state index contributed by atoms with van der Waals surface area (Å²) in [5.74, 6) is -0.499. The van der Waals surface area contributed by atoms with Crippen LogP contribution in [0.3, 0.4) is 0 Å². The predicted molar refractivity (Wildman–Crippen MR) is 112 cm³/mol. The third-order valence-corrected chi connectivity index (χ3v) is 5.42. The number of carbonyl (C=O) groups excluding carboxylic acids is 2. The van der Waals surface area contributed by atoms with Gasteiger partial charge in [-0.3, -0.25) is 9.48 Å². The lowest BCUT2D eigenvalue weighted by molar-refractivity contribution is 0.0512. The maximum Gasteiger partial charge on any atom is 0.359 e. The normalized spacial score (nSPS) is 13.3. The summed E-state index contributed by atoms with van der Waals surface area (Å²) < 4.78 is 12.2. The summed E-state index contributed by atoms with van der Waals surface area (Å²) >= 11 is 0. The van der Waals surface area contributed by atoms with Crippen LogP contribution in [-0.2, 0) is 29.0 Å². The Balaban J connectivity index is 1.67. The number of fused-ring (bicyclic) bond motifs is 2. The minimum absolute atomic E-state index is 0.0445. The number of aromatic nitrogens is 2. The van der Waals surface area contributed by atoms with Crippen LogP contribution in [0.25, 0.3) is 10.8 Å². The Morgan fingerprint density at radius 1 is 1.13 bits per heavy atom. The smallest absolute Gasteiger partial charge is 0.359 e. The number of ether oxygens (including phenoxy) is 2. The van der Waals surface area contributed by atoms with Gasteiger partial charge in [0, 0.05) is 36.9 Å². The number of hydrogen-bond acceptors (Lipinski definition) is 5. The highest BCUT2D eigenvalue weighted by Gasteiger charge is 2.31. The molecule has 2 heterocycles. The monoisotopic (exact) mass is 407 g/mol. The standard InChI is InChI=1S/C23H25N3O4/c1-3-30-23(28)21-19-15-25(12-11-20(19)26(24-21)13-14-29-2)22(27)18-10-6-8-16-7-4-5-9-17(16)18/h4-10H,3,11-15H2,1-2H3. The second-order valence-electron chi connectivity index (χ2n) is 7.21. The number of hydrogen-bond donors (Lipinski definition) is 0. The molecule has 156 valence electrons. The first-order valence-corrected chi connectivity index (χ1v) is 10.2. The van der Waals surface area contributed by atoms with Gasteiger partial charge in [0.25, 0.3) is 5.91 Å². The van der Waals surface area contributed by atoms with Crippen molar-refractivity contribution >= 4 is 22.6 Å². The largest absolute Gasteiger partial charge is 0.461 e. The number of esters is 1. The first kappa shape index (κ1) is 20.1. The summed E-state index contributed by atoms with van der Waals surface area (Å²) in [7, 11) is 1.63. The number of benzene rings is 2. The van der Waals surface area contributed by atoms with Crippen molar-refractivity contribution in [2.75, 3.05) is 26.9 Å². The molecule has 4 rings (SSSR count). The average molecular weight is 407 g/mol. The van der Waals surface area contributed by atoms with Gasteiger partial charge in [-0.25, -0.2) is 4.79 Å². The first-order valence-electron chi connectivity index (χ1n) is 10.2. The van der Waals surface area contributed by atoms with E-state index in [2.05, 4.69) is 5.10 Å². The summed E-state index contributed by atoms with van der Waals surface area (Å²) in [6, 6.07) is 13.6. The van der Waals surface area contributed by atoms with E-state index in [0.29, 0.717) is 43.9 Å². The van der Waals surface area contributed by atoms with Crippen molar-refractivity contribution in [1.29, 1.82) is 0 Å². The third kappa shape index (κ3) is 3.68. The molecule has 0 fully saturated rings. The maximum absolute atomic E-state index is 13.4. The second kappa shape index (κ2) is 8.67. The van der Waals surface area contributed by atoms with Crippen molar-refractivity contribution in [3.05, 3.63) is 65.0 Å². The molecule has 0 N–H and O–H groups in total. The molecular weight excluding hydrogens is 382 g/mol. The highest BCUT2D eigenvalue weighted by Crippen LogP contribution is 2.27. The Hall–Kier alpha value is -3.19. The molecule has 3 aromatic rings. The molecule has 1 amide bonds. The van der Waals surface area contributed by atoms with E-state index < -0.39 is 5.97 Å². The Bertz CT molecular complexity index is 1080. The fourth-order valence-corrected chi connectivity index (χ4v) is 3.97. The fraction of sp³-hybridized carbons (Fsp3) is 0.348. The van der Waals surface area contributed by atoms with Gasteiger partial charge >= 0.3 is 5.97 Å². The fourth-order valence-electron chi connectivity index (χ4n) is 3.97. The lowest BCUT2D eigenvalue weighted by atomic mass is 10.0. The summed E-state index contributed by atoms with van der Waals surface area (Å²) in [5, 5.41) is 6.44. The van der Waals surface area contributed by atoms with Gasteiger partial charge in [-0.15, -0.1) is 0 Å². The van der Waals surface area contributed by atoms with Gasteiger partial charge in [0.15, 0.2) is 5.69 Å². The number of nitrogens with zero attached hydrogens (tertiary/aromatic N) is 3. The highest BCUT2D eigenvalue weighted by molar-refractivity contribution is 6.07. The summed E-state index contributed by atoms with van der Waals surface area (Å²) in [6.45, 7) is 3.98. The van der Waals surface area contributed by atoms with Crippen LogP contribution in [0.1, 0.15) is 39.0 Å². The van der Waals surface area contributed by atoms with Gasteiger partial charge < -0.3 is 14.4 Å². The molecule has 0 saturated carbocycles. The first-order chi connectivity index (χ1) is 14.6. The van der Waals surface area contributed by atoms with Crippen LogP contribution in [0.15, 0.2) is 42.5 Å². The van der Waals surface area contributed by atoms with E-state index in [9.17, 15) is 9.59 Å². The molecule has 7 nitrogen and oxygen atoms in total. The molecule has 0 saturated heterocycles. The average Bonchev–Trinajstić information content (AvgIpc) is 3.15. The van der Waals surface area contributed by atoms with E-state index in [0.717, 1.165) is 22.0 Å². The van der Waals surface area contributed by atoms with E-state index in [4.69, 9.17) is 9.47 Å². The lowest BCUT2D eigenvalue weighted by Crippen LogP contribution is -2.37. The lowest BCUT2D eigenvalue weighted by Gasteiger charge is -2.28. The molecule has 30 heavy (non-hydrogen) atoms. The Morgan fingerprint density at radius 2 is 1.93 bits per heavy atom. The highest BCUT2D eigenvalue weighted by atomic mass is 16.5. The molecule has 7 heteroatoms. The molecule has 2 aromatic carbocycles. The van der Waals surface area contributed by atoms with Crippen LogP contribution in [0.4, 0.5) is 0 Å². The van der Waals surface area contributed by atoms with Crippen molar-refractivity contribution in [3.63, 3.8) is 0 Å². The van der Waals surface area contributed by atoms with Gasteiger partial charge in [-0.1, -0.05) is 36.4 Å². The zero-order valence-electron chi connectivity index (χ0n) is 17.3. The topological polar surface area (TPSA) is 73.7 Å². The molecule has 0 aliphatic carbocycles. The van der Waals surface area contributed by atoms with Gasteiger partial charge in [0.2, 0.25) is 0 Å². The van der Waals surface area contributed by atoms with Gasteiger partial charge in [-0.05, 0) is 23.8 Å². The summed E-state index contributed by atoms with van der Waals surface area (Å²) in [5.41, 5.74) is 2.70. The van der Waals surface area contributed by atoms with E-state index in [1.54, 1.807) is 18.9 Å². The quantitative estimate of drug-likeness (QED) is 0.587. The van der Waals surface area contributed by atoms with E-state index in [1.165, 1.54) is 0 Å². The minimum Gasteiger partial charge on any atom is -0.461 e. The molecule has 1 aliphatic rings. The number of carbonyl (C=O) groups is 2. The van der Waals surface area contributed by atoms with Crippen LogP contribution in [0.2, 0.25) is 0 Å². The van der Waals surface area contributed by atoms with Crippen LogP contribution >= 0.6 is 0 Å². The predicted octanol–water partition coefficient (Wildman–Crippen LogP) is 3.06. The molecule has 0 unspecified atom stereocenters. The van der Waals surface area contributed by atoms with Crippen LogP contribution < -0.4 is 0 Å². The van der Waals surface area contributed by atoms with Gasteiger partial charge in [0.1, 0.15) is 0 Å². The molecule has 0 spiro atoms. The second-order valence-corrected chi connectivity index (χ2v) is 7.21. The molecule has 0 bridgehead atoms. The van der Waals surface area contributed by atoms with E-state index >= 15 is 0 Å². The molecule has 0 radical (unpaired) electrons. The Kier molecular flexibility index (Phi) is 5.81. The molecule has 1 aromatic heterocycles. The van der Waals surface area contributed by atoms with Crippen LogP contribution in [-0.4, -0.2) is 53.4 Å². The third-order valence-electron chi connectivity index (χ3n) is 5.42. The SMILES string of the molecule is CCOC(=O)c1nn(CCOC)c2c1CN(C(=O)c1cccc3ccccc13)CC2. The van der Waals surface area contributed by atoms with E-state index in [1.807, 2.05) is 47.1 Å². The van der Waals surface area contributed by atoms with Crippen LogP contribution in [0, 0.1) is 0 Å². The Morgan fingerprint density at radius 3 is 2.73 bits per heavy atom.